The van der Waals surface area contributed by atoms with Crippen LogP contribution >= 0.6 is 0 Å². The molecule has 1 aromatic rings. The number of esters is 1. The van der Waals surface area contributed by atoms with E-state index in [0.29, 0.717) is 18.4 Å². The minimum atomic E-state index is -0.950. The molecule has 1 N–H and O–H groups in total. The Morgan fingerprint density at radius 3 is 2.24 bits per heavy atom. The van der Waals surface area contributed by atoms with Crippen molar-refractivity contribution in [2.24, 2.45) is 23.2 Å². The second-order valence-corrected chi connectivity index (χ2v) is 11.1. The fourth-order valence-electron chi connectivity index (χ4n) is 6.08. The van der Waals surface area contributed by atoms with Crippen molar-refractivity contribution >= 4 is 18.0 Å². The molecule has 3 atom stereocenters. The molecule has 1 spiro atoms. The predicted molar refractivity (Wildman–Crippen MR) is 122 cm³/mol. The van der Waals surface area contributed by atoms with Gasteiger partial charge in [0, 0.05) is 18.5 Å². The summed E-state index contributed by atoms with van der Waals surface area (Å²) in [6.07, 6.45) is 3.64. The first-order valence-corrected chi connectivity index (χ1v) is 12.0. The molecule has 0 aromatic heterocycles. The van der Waals surface area contributed by atoms with Gasteiger partial charge in [-0.2, -0.15) is 0 Å². The lowest BCUT2D eigenvalue weighted by molar-refractivity contribution is -0.148. The van der Waals surface area contributed by atoms with E-state index < -0.39 is 11.6 Å². The van der Waals surface area contributed by atoms with E-state index >= 15 is 0 Å². The van der Waals surface area contributed by atoms with E-state index in [1.165, 1.54) is 0 Å². The van der Waals surface area contributed by atoms with Gasteiger partial charge in [-0.1, -0.05) is 12.1 Å². The van der Waals surface area contributed by atoms with Crippen LogP contribution in [0.15, 0.2) is 24.3 Å². The van der Waals surface area contributed by atoms with Crippen LogP contribution in [0.4, 0.5) is 4.79 Å². The fourth-order valence-corrected chi connectivity index (χ4v) is 6.08. The van der Waals surface area contributed by atoms with Crippen LogP contribution in [0.3, 0.4) is 0 Å². The Labute approximate surface area is 195 Å². The van der Waals surface area contributed by atoms with Crippen molar-refractivity contribution in [3.8, 4) is 0 Å². The number of ether oxygens (including phenoxy) is 2. The molecule has 3 fully saturated rings. The largest absolute Gasteiger partial charge is 0.478 e. The lowest BCUT2D eigenvalue weighted by Crippen LogP contribution is -2.64. The third-order valence-corrected chi connectivity index (χ3v) is 7.54. The summed E-state index contributed by atoms with van der Waals surface area (Å²) >= 11 is 0. The normalized spacial score (nSPS) is 26.4. The molecule has 2 aliphatic carbocycles. The van der Waals surface area contributed by atoms with Crippen LogP contribution in [-0.2, 0) is 14.3 Å². The van der Waals surface area contributed by atoms with E-state index in [1.807, 2.05) is 39.8 Å². The van der Waals surface area contributed by atoms with E-state index in [4.69, 9.17) is 9.47 Å². The third kappa shape index (κ3) is 4.87. The number of carboxylic acid groups (broad SMARTS) is 1. The molecule has 7 heteroatoms. The summed E-state index contributed by atoms with van der Waals surface area (Å²) in [6.45, 7) is 9.34. The number of carbonyl (C=O) groups excluding carboxylic acids is 2. The molecule has 1 aliphatic heterocycles. The topological polar surface area (TPSA) is 93.1 Å². The van der Waals surface area contributed by atoms with Crippen molar-refractivity contribution in [2.45, 2.75) is 64.9 Å². The Morgan fingerprint density at radius 1 is 1.06 bits per heavy atom. The maximum atomic E-state index is 12.7. The van der Waals surface area contributed by atoms with E-state index in [-0.39, 0.29) is 34.9 Å². The maximum absolute atomic E-state index is 12.7. The molecule has 1 saturated heterocycles. The van der Waals surface area contributed by atoms with Crippen molar-refractivity contribution < 1.29 is 29.0 Å². The summed E-state index contributed by atoms with van der Waals surface area (Å²) < 4.78 is 10.9. The zero-order valence-corrected chi connectivity index (χ0v) is 20.0. The predicted octanol–water partition coefficient (Wildman–Crippen LogP) is 4.70. The number of hydrogen-bond acceptors (Lipinski definition) is 5. The van der Waals surface area contributed by atoms with Gasteiger partial charge in [-0.3, -0.25) is 4.79 Å². The van der Waals surface area contributed by atoms with Crippen LogP contribution in [0.2, 0.25) is 0 Å². The van der Waals surface area contributed by atoms with Gasteiger partial charge in [0.25, 0.3) is 0 Å². The highest BCUT2D eigenvalue weighted by molar-refractivity contribution is 5.87. The van der Waals surface area contributed by atoms with Gasteiger partial charge in [-0.25, -0.2) is 9.59 Å². The fraction of sp³-hybridized carbons (Fsp3) is 0.654. The highest BCUT2D eigenvalue weighted by Crippen LogP contribution is 2.59. The molecule has 0 radical (unpaired) electrons. The maximum Gasteiger partial charge on any atom is 0.410 e. The summed E-state index contributed by atoms with van der Waals surface area (Å²) in [5.74, 6) is -0.264. The van der Waals surface area contributed by atoms with Gasteiger partial charge in [0.15, 0.2) is 0 Å². The standard InChI is InChI=1S/C26H35NO6/c1-5-32-23(30)21-11-18(10-20(21)16-6-8-17(9-7-16)22(28)29)19-12-26(13-19)14-27(15-26)24(31)33-25(2,3)4/h6-9,18-21H,5,10-15H2,1-4H3,(H,28,29). The number of likely N-dealkylation sites (tertiary alicyclic amines) is 1. The van der Waals surface area contributed by atoms with Gasteiger partial charge in [-0.05, 0) is 88.8 Å². The quantitative estimate of drug-likeness (QED) is 0.644. The Bertz CT molecular complexity index is 904. The lowest BCUT2D eigenvalue weighted by atomic mass is 9.54. The third-order valence-electron chi connectivity index (χ3n) is 7.54. The molecule has 4 rings (SSSR count). The Kier molecular flexibility index (Phi) is 6.18. The van der Waals surface area contributed by atoms with Crippen molar-refractivity contribution in [1.82, 2.24) is 4.90 Å². The van der Waals surface area contributed by atoms with Crippen molar-refractivity contribution in [3.63, 3.8) is 0 Å². The van der Waals surface area contributed by atoms with Crippen molar-refractivity contribution in [2.75, 3.05) is 19.7 Å². The molecule has 2 saturated carbocycles. The Morgan fingerprint density at radius 2 is 1.70 bits per heavy atom. The molecule has 3 aliphatic rings. The van der Waals surface area contributed by atoms with E-state index in [9.17, 15) is 19.5 Å². The summed E-state index contributed by atoms with van der Waals surface area (Å²) in [6, 6.07) is 6.92. The smallest absolute Gasteiger partial charge is 0.410 e. The molecule has 3 unspecified atom stereocenters. The second kappa shape index (κ2) is 8.65. The van der Waals surface area contributed by atoms with Gasteiger partial charge >= 0.3 is 18.0 Å². The van der Waals surface area contributed by atoms with Gasteiger partial charge < -0.3 is 19.5 Å². The minimum Gasteiger partial charge on any atom is -0.478 e. The summed E-state index contributed by atoms with van der Waals surface area (Å²) in [5.41, 5.74) is 0.990. The summed E-state index contributed by atoms with van der Waals surface area (Å²) in [5, 5.41) is 9.19. The number of nitrogens with zero attached hydrogens (tertiary/aromatic N) is 1. The summed E-state index contributed by atoms with van der Waals surface area (Å²) in [7, 11) is 0. The molecule has 1 heterocycles. The highest BCUT2D eigenvalue weighted by Gasteiger charge is 2.57. The zero-order chi connectivity index (χ0) is 24.0. The average molecular weight is 458 g/mol. The van der Waals surface area contributed by atoms with Crippen LogP contribution < -0.4 is 0 Å². The van der Waals surface area contributed by atoms with Crippen molar-refractivity contribution in [1.29, 1.82) is 0 Å². The molecule has 33 heavy (non-hydrogen) atoms. The van der Waals surface area contributed by atoms with Crippen molar-refractivity contribution in [3.05, 3.63) is 35.4 Å². The number of amides is 1. The number of hydrogen-bond donors (Lipinski definition) is 1. The highest BCUT2D eigenvalue weighted by atomic mass is 16.6. The Balaban J connectivity index is 1.37. The number of carbonyl (C=O) groups is 3. The molecule has 1 aromatic carbocycles. The molecule has 7 nitrogen and oxygen atoms in total. The van der Waals surface area contributed by atoms with Crippen LogP contribution in [0.25, 0.3) is 0 Å². The SMILES string of the molecule is CCOC(=O)C1CC(C2CC3(C2)CN(C(=O)OC(C)(C)C)C3)CC1c1ccc(C(=O)O)cc1. The van der Waals surface area contributed by atoms with Crippen LogP contribution in [0.5, 0.6) is 0 Å². The number of rotatable bonds is 5. The second-order valence-electron chi connectivity index (χ2n) is 11.1. The number of carboxylic acids is 1. The first-order valence-electron chi connectivity index (χ1n) is 12.0. The van der Waals surface area contributed by atoms with Gasteiger partial charge in [0.2, 0.25) is 0 Å². The Hall–Kier alpha value is -2.57. The van der Waals surface area contributed by atoms with Crippen LogP contribution in [0, 0.1) is 23.2 Å². The van der Waals surface area contributed by atoms with Gasteiger partial charge in [0.1, 0.15) is 5.60 Å². The van der Waals surface area contributed by atoms with Crippen LogP contribution in [0.1, 0.15) is 75.2 Å². The summed E-state index contributed by atoms with van der Waals surface area (Å²) in [4.78, 5) is 38.0. The zero-order valence-electron chi connectivity index (χ0n) is 20.0. The molecular weight excluding hydrogens is 422 g/mol. The first kappa shape index (κ1) is 23.6. The molecule has 1 amide bonds. The number of benzene rings is 1. The van der Waals surface area contributed by atoms with E-state index in [0.717, 1.165) is 44.3 Å². The van der Waals surface area contributed by atoms with Crippen LogP contribution in [-0.4, -0.2) is 53.3 Å². The lowest BCUT2D eigenvalue weighted by Gasteiger charge is -2.60. The minimum absolute atomic E-state index is 0.0492. The number of aromatic carboxylic acids is 1. The van der Waals surface area contributed by atoms with E-state index in [1.54, 1.807) is 17.0 Å². The average Bonchev–Trinajstić information content (AvgIpc) is 3.10. The monoisotopic (exact) mass is 457 g/mol. The molecule has 180 valence electrons. The molecule has 0 bridgehead atoms. The first-order chi connectivity index (χ1) is 15.5. The molecular formula is C26H35NO6. The van der Waals surface area contributed by atoms with Gasteiger partial charge in [-0.15, -0.1) is 0 Å². The van der Waals surface area contributed by atoms with E-state index in [2.05, 4.69) is 0 Å². The van der Waals surface area contributed by atoms with Gasteiger partial charge in [0.05, 0.1) is 18.1 Å².